The summed E-state index contributed by atoms with van der Waals surface area (Å²) >= 11 is 0. The average molecular weight is 257 g/mol. The number of amides is 1. The molecule has 4 nitrogen and oxygen atoms in total. The smallest absolute Gasteiger partial charge is 0.248 e. The zero-order valence-electron chi connectivity index (χ0n) is 11.1. The number of benzene rings is 1. The van der Waals surface area contributed by atoms with Crippen LogP contribution in [0.1, 0.15) is 34.9 Å². The van der Waals surface area contributed by atoms with Crippen molar-refractivity contribution in [1.29, 1.82) is 0 Å². The van der Waals surface area contributed by atoms with E-state index in [1.54, 1.807) is 6.07 Å². The number of piperidine rings is 1. The van der Waals surface area contributed by atoms with Crippen LogP contribution in [0.2, 0.25) is 0 Å². The molecule has 0 spiro atoms. The van der Waals surface area contributed by atoms with E-state index in [9.17, 15) is 4.79 Å². The molecule has 3 rings (SSSR count). The molecule has 1 aromatic carbocycles. The molecule has 0 saturated carbocycles. The van der Waals surface area contributed by atoms with Crippen molar-refractivity contribution in [2.75, 3.05) is 13.1 Å². The molecule has 1 aromatic heterocycles. The summed E-state index contributed by atoms with van der Waals surface area (Å²) in [6.45, 7) is 4.24. The van der Waals surface area contributed by atoms with Gasteiger partial charge in [0.05, 0.1) is 0 Å². The minimum Gasteiger partial charge on any atom is -0.366 e. The molecule has 3 N–H and O–H groups in total. The lowest BCUT2D eigenvalue weighted by Gasteiger charge is -2.26. The van der Waals surface area contributed by atoms with Crippen LogP contribution in [0.3, 0.4) is 0 Å². The van der Waals surface area contributed by atoms with Crippen LogP contribution in [-0.4, -0.2) is 23.6 Å². The highest BCUT2D eigenvalue weighted by Crippen LogP contribution is 2.29. The SMILES string of the molecule is Cc1cc2ccc(C(N)=O)cc2n1C1CCNCC1. The molecule has 100 valence electrons. The number of primary amides is 1. The maximum Gasteiger partial charge on any atom is 0.248 e. The Morgan fingerprint density at radius 3 is 2.74 bits per heavy atom. The maximum atomic E-state index is 11.3. The largest absolute Gasteiger partial charge is 0.366 e. The number of rotatable bonds is 2. The fraction of sp³-hybridized carbons (Fsp3) is 0.400. The Morgan fingerprint density at radius 2 is 2.05 bits per heavy atom. The van der Waals surface area contributed by atoms with Gasteiger partial charge in [-0.15, -0.1) is 0 Å². The molecule has 1 aliphatic rings. The Labute approximate surface area is 112 Å². The second kappa shape index (κ2) is 4.70. The third-order valence-corrected chi connectivity index (χ3v) is 3.99. The van der Waals surface area contributed by atoms with Crippen LogP contribution in [0, 0.1) is 6.92 Å². The summed E-state index contributed by atoms with van der Waals surface area (Å²) in [5, 5.41) is 4.57. The van der Waals surface area contributed by atoms with Crippen LogP contribution in [0.5, 0.6) is 0 Å². The van der Waals surface area contributed by atoms with E-state index in [-0.39, 0.29) is 5.91 Å². The first kappa shape index (κ1) is 12.2. The van der Waals surface area contributed by atoms with Gasteiger partial charge in [-0.05, 0) is 56.4 Å². The van der Waals surface area contributed by atoms with Crippen LogP contribution < -0.4 is 11.1 Å². The van der Waals surface area contributed by atoms with E-state index < -0.39 is 0 Å². The summed E-state index contributed by atoms with van der Waals surface area (Å²) < 4.78 is 2.36. The third kappa shape index (κ3) is 2.12. The summed E-state index contributed by atoms with van der Waals surface area (Å²) in [5.41, 5.74) is 8.34. The predicted octanol–water partition coefficient (Wildman–Crippen LogP) is 1.97. The highest BCUT2D eigenvalue weighted by Gasteiger charge is 2.19. The van der Waals surface area contributed by atoms with Crippen molar-refractivity contribution < 1.29 is 4.79 Å². The van der Waals surface area contributed by atoms with Crippen LogP contribution in [-0.2, 0) is 0 Å². The van der Waals surface area contributed by atoms with Gasteiger partial charge in [0.1, 0.15) is 0 Å². The van der Waals surface area contributed by atoms with Crippen molar-refractivity contribution in [3.05, 3.63) is 35.5 Å². The van der Waals surface area contributed by atoms with Gasteiger partial charge in [-0.1, -0.05) is 6.07 Å². The van der Waals surface area contributed by atoms with Crippen molar-refractivity contribution in [2.24, 2.45) is 5.73 Å². The Morgan fingerprint density at radius 1 is 1.32 bits per heavy atom. The number of nitrogens with two attached hydrogens (primary N) is 1. The Bertz CT molecular complexity index is 624. The minimum absolute atomic E-state index is 0.363. The topological polar surface area (TPSA) is 60.1 Å². The van der Waals surface area contributed by atoms with E-state index in [1.807, 2.05) is 12.1 Å². The lowest BCUT2D eigenvalue weighted by Crippen LogP contribution is -2.29. The number of aromatic nitrogens is 1. The lowest BCUT2D eigenvalue weighted by molar-refractivity contribution is 0.100. The standard InChI is InChI=1S/C15H19N3O/c1-10-8-11-2-3-12(15(16)19)9-14(11)18(10)13-4-6-17-7-5-13/h2-3,8-9,13,17H,4-7H2,1H3,(H2,16,19). The van der Waals surface area contributed by atoms with Gasteiger partial charge in [-0.2, -0.15) is 0 Å². The van der Waals surface area contributed by atoms with Gasteiger partial charge in [0.15, 0.2) is 0 Å². The van der Waals surface area contributed by atoms with E-state index in [2.05, 4.69) is 22.9 Å². The maximum absolute atomic E-state index is 11.3. The molecule has 1 amide bonds. The van der Waals surface area contributed by atoms with Crippen molar-refractivity contribution in [1.82, 2.24) is 9.88 Å². The lowest BCUT2D eigenvalue weighted by atomic mass is 10.1. The third-order valence-electron chi connectivity index (χ3n) is 3.99. The molecule has 0 bridgehead atoms. The molecule has 4 heteroatoms. The second-order valence-corrected chi connectivity index (χ2v) is 5.27. The summed E-state index contributed by atoms with van der Waals surface area (Å²) in [7, 11) is 0. The van der Waals surface area contributed by atoms with Gasteiger partial charge in [0, 0.05) is 22.8 Å². The zero-order valence-corrected chi connectivity index (χ0v) is 11.1. The van der Waals surface area contributed by atoms with Gasteiger partial charge in [-0.3, -0.25) is 4.79 Å². The number of carbonyl (C=O) groups is 1. The molecule has 19 heavy (non-hydrogen) atoms. The highest BCUT2D eigenvalue weighted by atomic mass is 16.1. The number of carbonyl (C=O) groups excluding carboxylic acids is 1. The summed E-state index contributed by atoms with van der Waals surface area (Å²) in [5.74, 6) is -0.363. The Hall–Kier alpha value is -1.81. The van der Waals surface area contributed by atoms with Crippen molar-refractivity contribution in [3.8, 4) is 0 Å². The molecule has 1 saturated heterocycles. The number of nitrogens with zero attached hydrogens (tertiary/aromatic N) is 1. The minimum atomic E-state index is -0.363. The number of hydrogen-bond acceptors (Lipinski definition) is 2. The van der Waals surface area contributed by atoms with Crippen LogP contribution in [0.25, 0.3) is 10.9 Å². The normalized spacial score (nSPS) is 16.9. The highest BCUT2D eigenvalue weighted by molar-refractivity contribution is 5.97. The van der Waals surface area contributed by atoms with E-state index in [0.717, 1.165) is 31.4 Å². The van der Waals surface area contributed by atoms with Gasteiger partial charge in [-0.25, -0.2) is 0 Å². The van der Waals surface area contributed by atoms with Gasteiger partial charge >= 0.3 is 0 Å². The van der Waals surface area contributed by atoms with E-state index >= 15 is 0 Å². The fourth-order valence-corrected chi connectivity index (χ4v) is 3.06. The fourth-order valence-electron chi connectivity index (χ4n) is 3.06. The van der Waals surface area contributed by atoms with Crippen molar-refractivity contribution >= 4 is 16.8 Å². The summed E-state index contributed by atoms with van der Waals surface area (Å²) in [6.07, 6.45) is 2.26. The van der Waals surface area contributed by atoms with Gasteiger partial charge < -0.3 is 15.6 Å². The van der Waals surface area contributed by atoms with Crippen LogP contribution >= 0.6 is 0 Å². The predicted molar refractivity (Wildman–Crippen MR) is 76.3 cm³/mol. The number of hydrogen-bond donors (Lipinski definition) is 2. The number of aryl methyl sites for hydroxylation is 1. The molecular formula is C15H19N3O. The average Bonchev–Trinajstić information content (AvgIpc) is 2.74. The van der Waals surface area contributed by atoms with Crippen LogP contribution in [0.15, 0.2) is 24.3 Å². The molecular weight excluding hydrogens is 238 g/mol. The Balaban J connectivity index is 2.13. The number of fused-ring (bicyclic) bond motifs is 1. The van der Waals surface area contributed by atoms with Crippen LogP contribution in [0.4, 0.5) is 0 Å². The monoisotopic (exact) mass is 257 g/mol. The summed E-state index contributed by atoms with van der Waals surface area (Å²) in [6, 6.07) is 8.41. The molecule has 0 unspecified atom stereocenters. The molecule has 1 fully saturated rings. The first-order chi connectivity index (χ1) is 9.16. The molecule has 0 aliphatic carbocycles. The van der Waals surface area contributed by atoms with E-state index in [0.29, 0.717) is 11.6 Å². The first-order valence-corrected chi connectivity index (χ1v) is 6.79. The first-order valence-electron chi connectivity index (χ1n) is 6.79. The molecule has 0 radical (unpaired) electrons. The number of nitrogens with one attached hydrogen (secondary N) is 1. The molecule has 1 aliphatic heterocycles. The molecule has 0 atom stereocenters. The van der Waals surface area contributed by atoms with E-state index in [1.165, 1.54) is 11.1 Å². The quantitative estimate of drug-likeness (QED) is 0.864. The molecule has 2 heterocycles. The van der Waals surface area contributed by atoms with Gasteiger partial charge in [0.25, 0.3) is 0 Å². The van der Waals surface area contributed by atoms with Crippen molar-refractivity contribution in [2.45, 2.75) is 25.8 Å². The second-order valence-electron chi connectivity index (χ2n) is 5.27. The molecule has 2 aromatic rings. The van der Waals surface area contributed by atoms with E-state index in [4.69, 9.17) is 5.73 Å². The summed E-state index contributed by atoms with van der Waals surface area (Å²) in [4.78, 5) is 11.3. The van der Waals surface area contributed by atoms with Gasteiger partial charge in [0.2, 0.25) is 5.91 Å². The Kier molecular flexibility index (Phi) is 3.03. The van der Waals surface area contributed by atoms with Crippen molar-refractivity contribution in [3.63, 3.8) is 0 Å². The zero-order chi connectivity index (χ0) is 13.4.